The molecule has 0 aliphatic carbocycles. The molecule has 0 spiro atoms. The molecule has 0 fully saturated rings. The molecular weight excluding hydrogens is 334 g/mol. The number of halogens is 1. The minimum Gasteiger partial charge on any atom is -0.327 e. The van der Waals surface area contributed by atoms with Crippen molar-refractivity contribution in [2.75, 3.05) is 16.8 Å². The SMILES string of the molecule is CCN(c1ccccc1)c1ccc(C(=O)Nc2cccc(Cl)c2)cn1. The minimum atomic E-state index is -0.218. The van der Waals surface area contributed by atoms with Crippen LogP contribution < -0.4 is 10.2 Å². The van der Waals surface area contributed by atoms with Crippen molar-refractivity contribution >= 4 is 34.7 Å². The number of anilines is 3. The lowest BCUT2D eigenvalue weighted by atomic mass is 10.2. The third-order valence-corrected chi connectivity index (χ3v) is 3.99. The second-order valence-electron chi connectivity index (χ2n) is 5.45. The molecule has 3 rings (SSSR count). The summed E-state index contributed by atoms with van der Waals surface area (Å²) in [5.41, 5.74) is 2.21. The number of aromatic nitrogens is 1. The van der Waals surface area contributed by atoms with Crippen molar-refractivity contribution < 1.29 is 4.79 Å². The van der Waals surface area contributed by atoms with Gasteiger partial charge < -0.3 is 10.2 Å². The quantitative estimate of drug-likeness (QED) is 0.691. The third-order valence-electron chi connectivity index (χ3n) is 3.75. The second kappa shape index (κ2) is 7.81. The van der Waals surface area contributed by atoms with Crippen LogP contribution in [0.3, 0.4) is 0 Å². The Morgan fingerprint density at radius 3 is 2.52 bits per heavy atom. The highest BCUT2D eigenvalue weighted by Crippen LogP contribution is 2.23. The molecule has 0 saturated carbocycles. The highest BCUT2D eigenvalue weighted by molar-refractivity contribution is 6.30. The highest BCUT2D eigenvalue weighted by atomic mass is 35.5. The van der Waals surface area contributed by atoms with Gasteiger partial charge in [-0.25, -0.2) is 4.98 Å². The summed E-state index contributed by atoms with van der Waals surface area (Å²) in [4.78, 5) is 18.9. The first-order valence-electron chi connectivity index (χ1n) is 8.03. The van der Waals surface area contributed by atoms with Crippen LogP contribution in [0.5, 0.6) is 0 Å². The summed E-state index contributed by atoms with van der Waals surface area (Å²) in [5.74, 6) is 0.581. The Labute approximate surface area is 152 Å². The van der Waals surface area contributed by atoms with Gasteiger partial charge >= 0.3 is 0 Å². The smallest absolute Gasteiger partial charge is 0.257 e. The molecule has 0 aliphatic heterocycles. The van der Waals surface area contributed by atoms with E-state index in [9.17, 15) is 4.79 Å². The fourth-order valence-electron chi connectivity index (χ4n) is 2.53. The van der Waals surface area contributed by atoms with Crippen LogP contribution in [-0.2, 0) is 0 Å². The Bertz CT molecular complexity index is 850. The molecule has 1 amide bonds. The van der Waals surface area contributed by atoms with Crippen molar-refractivity contribution in [2.24, 2.45) is 0 Å². The Hall–Kier alpha value is -2.85. The number of rotatable bonds is 5. The molecule has 126 valence electrons. The first-order valence-corrected chi connectivity index (χ1v) is 8.40. The summed E-state index contributed by atoms with van der Waals surface area (Å²) < 4.78 is 0. The number of amides is 1. The molecule has 0 unspecified atom stereocenters. The monoisotopic (exact) mass is 351 g/mol. The van der Waals surface area contributed by atoms with Gasteiger partial charge in [0.25, 0.3) is 5.91 Å². The maximum Gasteiger partial charge on any atom is 0.257 e. The van der Waals surface area contributed by atoms with Crippen molar-refractivity contribution in [2.45, 2.75) is 6.92 Å². The van der Waals surface area contributed by atoms with Crippen molar-refractivity contribution in [3.05, 3.63) is 83.5 Å². The van der Waals surface area contributed by atoms with Gasteiger partial charge in [0, 0.05) is 29.1 Å². The van der Waals surface area contributed by atoms with Gasteiger partial charge in [-0.15, -0.1) is 0 Å². The summed E-state index contributed by atoms with van der Waals surface area (Å²) in [6.45, 7) is 2.85. The first kappa shape index (κ1) is 17.0. The fraction of sp³-hybridized carbons (Fsp3) is 0.100. The number of carbonyl (C=O) groups excluding carboxylic acids is 1. The van der Waals surface area contributed by atoms with E-state index in [1.807, 2.05) is 36.4 Å². The Morgan fingerprint density at radius 1 is 1.08 bits per heavy atom. The van der Waals surface area contributed by atoms with Gasteiger partial charge in [0.05, 0.1) is 5.56 Å². The second-order valence-corrected chi connectivity index (χ2v) is 5.89. The molecule has 1 N–H and O–H groups in total. The molecular formula is C20H18ClN3O. The largest absolute Gasteiger partial charge is 0.327 e. The summed E-state index contributed by atoms with van der Waals surface area (Å²) >= 11 is 5.93. The third kappa shape index (κ3) is 4.17. The van der Waals surface area contributed by atoms with Gasteiger partial charge in [0.1, 0.15) is 5.82 Å². The lowest BCUT2D eigenvalue weighted by Gasteiger charge is -2.22. The number of nitrogens with zero attached hydrogens (tertiary/aromatic N) is 2. The summed E-state index contributed by atoms with van der Waals surface area (Å²) in [6, 6.07) is 20.7. The molecule has 3 aromatic rings. The van der Waals surface area contributed by atoms with Gasteiger partial charge in [-0.1, -0.05) is 35.9 Å². The van der Waals surface area contributed by atoms with Gasteiger partial charge in [-0.2, -0.15) is 0 Å². The van der Waals surface area contributed by atoms with Crippen molar-refractivity contribution in [1.29, 1.82) is 0 Å². The van der Waals surface area contributed by atoms with E-state index >= 15 is 0 Å². The predicted molar refractivity (Wildman–Crippen MR) is 103 cm³/mol. The zero-order valence-corrected chi connectivity index (χ0v) is 14.6. The number of pyridine rings is 1. The maximum absolute atomic E-state index is 12.3. The Kier molecular flexibility index (Phi) is 5.31. The van der Waals surface area contributed by atoms with E-state index in [0.29, 0.717) is 16.3 Å². The van der Waals surface area contributed by atoms with E-state index < -0.39 is 0 Å². The molecule has 0 saturated heterocycles. The zero-order valence-electron chi connectivity index (χ0n) is 13.8. The van der Waals surface area contributed by atoms with Gasteiger partial charge in [0.2, 0.25) is 0 Å². The van der Waals surface area contributed by atoms with Crippen molar-refractivity contribution in [3.63, 3.8) is 0 Å². The van der Waals surface area contributed by atoms with Gasteiger partial charge in [-0.05, 0) is 49.4 Å². The van der Waals surface area contributed by atoms with Crippen molar-refractivity contribution in [1.82, 2.24) is 4.98 Å². The Balaban J connectivity index is 1.76. The first-order chi connectivity index (χ1) is 12.2. The van der Waals surface area contributed by atoms with E-state index in [-0.39, 0.29) is 5.91 Å². The van der Waals surface area contributed by atoms with E-state index in [0.717, 1.165) is 18.1 Å². The zero-order chi connectivity index (χ0) is 17.6. The molecule has 0 atom stereocenters. The van der Waals surface area contributed by atoms with Crippen LogP contribution in [0, 0.1) is 0 Å². The Morgan fingerprint density at radius 2 is 1.88 bits per heavy atom. The number of carbonyl (C=O) groups is 1. The van der Waals surface area contributed by atoms with E-state index in [2.05, 4.69) is 22.1 Å². The molecule has 25 heavy (non-hydrogen) atoms. The van der Waals surface area contributed by atoms with E-state index in [1.54, 1.807) is 36.5 Å². The maximum atomic E-state index is 12.3. The average molecular weight is 352 g/mol. The summed E-state index contributed by atoms with van der Waals surface area (Å²) in [5, 5.41) is 3.39. The van der Waals surface area contributed by atoms with E-state index in [4.69, 9.17) is 11.6 Å². The summed E-state index contributed by atoms with van der Waals surface area (Å²) in [7, 11) is 0. The van der Waals surface area contributed by atoms with Crippen LogP contribution in [0.2, 0.25) is 5.02 Å². The van der Waals surface area contributed by atoms with Crippen molar-refractivity contribution in [3.8, 4) is 0 Å². The molecule has 0 bridgehead atoms. The predicted octanol–water partition coefficient (Wildman–Crippen LogP) is 5.15. The topological polar surface area (TPSA) is 45.2 Å². The van der Waals surface area contributed by atoms with E-state index in [1.165, 1.54) is 0 Å². The van der Waals surface area contributed by atoms with Gasteiger partial charge in [-0.3, -0.25) is 4.79 Å². The lowest BCUT2D eigenvalue weighted by molar-refractivity contribution is 0.102. The molecule has 1 heterocycles. The van der Waals surface area contributed by atoms with Crippen LogP contribution in [0.1, 0.15) is 17.3 Å². The van der Waals surface area contributed by atoms with Crippen LogP contribution in [0.15, 0.2) is 72.9 Å². The molecule has 2 aromatic carbocycles. The van der Waals surface area contributed by atoms with Crippen LogP contribution in [0.4, 0.5) is 17.2 Å². The molecule has 0 aliphatic rings. The highest BCUT2D eigenvalue weighted by Gasteiger charge is 2.11. The lowest BCUT2D eigenvalue weighted by Crippen LogP contribution is -2.18. The molecule has 4 nitrogen and oxygen atoms in total. The molecule has 1 aromatic heterocycles. The minimum absolute atomic E-state index is 0.218. The summed E-state index contributed by atoms with van der Waals surface area (Å²) in [6.07, 6.45) is 1.58. The number of para-hydroxylation sites is 1. The number of benzene rings is 2. The number of hydrogen-bond donors (Lipinski definition) is 1. The van der Waals surface area contributed by atoms with Crippen LogP contribution in [0.25, 0.3) is 0 Å². The van der Waals surface area contributed by atoms with Crippen LogP contribution >= 0.6 is 11.6 Å². The number of nitrogens with one attached hydrogen (secondary N) is 1. The number of hydrogen-bond acceptors (Lipinski definition) is 3. The van der Waals surface area contributed by atoms with Crippen LogP contribution in [-0.4, -0.2) is 17.4 Å². The standard InChI is InChI=1S/C20H18ClN3O/c1-2-24(18-9-4-3-5-10-18)19-12-11-15(14-22-19)20(25)23-17-8-6-7-16(21)13-17/h3-14H,2H2,1H3,(H,23,25). The normalized spacial score (nSPS) is 10.3. The average Bonchev–Trinajstić information content (AvgIpc) is 2.64. The molecule has 5 heteroatoms. The van der Waals surface area contributed by atoms with Gasteiger partial charge in [0.15, 0.2) is 0 Å². The fourth-order valence-corrected chi connectivity index (χ4v) is 2.72. The molecule has 0 radical (unpaired) electrons.